The van der Waals surface area contributed by atoms with Crippen LogP contribution in [-0.4, -0.2) is 28.7 Å². The van der Waals surface area contributed by atoms with Crippen LogP contribution in [0.25, 0.3) is 10.2 Å². The molecule has 0 bridgehead atoms. The Kier molecular flexibility index (Phi) is 7.00. The Bertz CT molecular complexity index is 926. The van der Waals surface area contributed by atoms with Crippen LogP contribution in [0.3, 0.4) is 0 Å². The van der Waals surface area contributed by atoms with E-state index < -0.39 is 18.0 Å². The lowest BCUT2D eigenvalue weighted by atomic mass is 10.2. The molecule has 0 aliphatic rings. The zero-order valence-electron chi connectivity index (χ0n) is 15.2. The highest BCUT2D eigenvalue weighted by molar-refractivity contribution is 8.01. The molecule has 8 heteroatoms. The van der Waals surface area contributed by atoms with Crippen molar-refractivity contribution in [2.24, 2.45) is 0 Å². The number of aromatic nitrogens is 1. The molecule has 0 aliphatic carbocycles. The van der Waals surface area contributed by atoms with Gasteiger partial charge in [0.15, 0.2) is 10.4 Å². The summed E-state index contributed by atoms with van der Waals surface area (Å²) in [5, 5.41) is 2.67. The normalized spacial score (nSPS) is 11.9. The van der Waals surface area contributed by atoms with Crippen LogP contribution in [0.1, 0.15) is 18.9 Å². The van der Waals surface area contributed by atoms with Crippen LogP contribution in [0, 0.1) is 5.82 Å². The number of nitrogens with zero attached hydrogens (tertiary/aromatic N) is 1. The van der Waals surface area contributed by atoms with Crippen molar-refractivity contribution in [2.45, 2.75) is 30.3 Å². The molecule has 1 atom stereocenters. The number of hydrogen-bond acceptors (Lipinski definition) is 6. The van der Waals surface area contributed by atoms with E-state index in [1.807, 2.05) is 24.3 Å². The predicted molar refractivity (Wildman–Crippen MR) is 109 cm³/mol. The Hall–Kier alpha value is -2.45. The summed E-state index contributed by atoms with van der Waals surface area (Å²) in [4.78, 5) is 28.5. The Labute approximate surface area is 170 Å². The van der Waals surface area contributed by atoms with Gasteiger partial charge in [-0.3, -0.25) is 9.59 Å². The summed E-state index contributed by atoms with van der Waals surface area (Å²) in [5.41, 5.74) is 1.71. The highest BCUT2D eigenvalue weighted by Gasteiger charge is 2.17. The van der Waals surface area contributed by atoms with Gasteiger partial charge in [-0.2, -0.15) is 0 Å². The van der Waals surface area contributed by atoms with E-state index in [1.165, 1.54) is 30.8 Å². The molecule has 0 spiro atoms. The predicted octanol–water partition coefficient (Wildman–Crippen LogP) is 4.17. The van der Waals surface area contributed by atoms with Gasteiger partial charge in [-0.15, -0.1) is 11.3 Å². The molecular formula is C20H19FN2O3S2. The van der Waals surface area contributed by atoms with Gasteiger partial charge in [0, 0.05) is 12.3 Å². The Morgan fingerprint density at radius 2 is 1.96 bits per heavy atom. The van der Waals surface area contributed by atoms with E-state index in [0.29, 0.717) is 5.75 Å². The van der Waals surface area contributed by atoms with Crippen LogP contribution >= 0.6 is 23.1 Å². The van der Waals surface area contributed by atoms with E-state index in [4.69, 9.17) is 4.74 Å². The molecule has 1 aromatic heterocycles. The van der Waals surface area contributed by atoms with Crippen LogP contribution in [0.2, 0.25) is 0 Å². The van der Waals surface area contributed by atoms with Crippen LogP contribution < -0.4 is 5.32 Å². The minimum absolute atomic E-state index is 0.191. The zero-order valence-corrected chi connectivity index (χ0v) is 16.8. The van der Waals surface area contributed by atoms with E-state index >= 15 is 0 Å². The molecule has 0 radical (unpaired) electrons. The third-order valence-electron chi connectivity index (χ3n) is 3.86. The average Bonchev–Trinajstić information content (AvgIpc) is 3.10. The van der Waals surface area contributed by atoms with Crippen molar-refractivity contribution >= 4 is 45.2 Å². The fourth-order valence-electron chi connectivity index (χ4n) is 2.38. The van der Waals surface area contributed by atoms with Gasteiger partial charge in [0.1, 0.15) is 5.82 Å². The summed E-state index contributed by atoms with van der Waals surface area (Å²) in [6.45, 7) is 1.77. The van der Waals surface area contributed by atoms with Gasteiger partial charge in [-0.1, -0.05) is 36.0 Å². The molecule has 146 valence electrons. The number of halogens is 1. The number of benzene rings is 2. The van der Waals surface area contributed by atoms with E-state index in [-0.39, 0.29) is 18.8 Å². The number of ether oxygens (including phenoxy) is 1. The number of esters is 1. The fraction of sp³-hybridized carbons (Fsp3) is 0.250. The van der Waals surface area contributed by atoms with Crippen LogP contribution in [0.15, 0.2) is 52.9 Å². The number of fused-ring (bicyclic) bond motifs is 1. The molecular weight excluding hydrogens is 399 g/mol. The molecule has 0 aliphatic heterocycles. The molecule has 28 heavy (non-hydrogen) atoms. The molecule has 0 unspecified atom stereocenters. The molecule has 3 aromatic rings. The first-order chi connectivity index (χ1) is 13.5. The van der Waals surface area contributed by atoms with E-state index in [1.54, 1.807) is 23.5 Å². The summed E-state index contributed by atoms with van der Waals surface area (Å²) >= 11 is 3.08. The van der Waals surface area contributed by atoms with Crippen molar-refractivity contribution in [2.75, 3.05) is 5.75 Å². The zero-order chi connectivity index (χ0) is 19.9. The third-order valence-corrected chi connectivity index (χ3v) is 6.04. The van der Waals surface area contributed by atoms with Crippen molar-refractivity contribution < 1.29 is 18.7 Å². The second-order valence-corrected chi connectivity index (χ2v) is 8.40. The third kappa shape index (κ3) is 5.77. The number of hydrogen-bond donors (Lipinski definition) is 1. The highest BCUT2D eigenvalue weighted by atomic mass is 32.2. The van der Waals surface area contributed by atoms with Crippen LogP contribution in [0.5, 0.6) is 0 Å². The van der Waals surface area contributed by atoms with Gasteiger partial charge in [-0.25, -0.2) is 9.37 Å². The number of amides is 1. The van der Waals surface area contributed by atoms with Crippen LogP contribution in [0.4, 0.5) is 4.39 Å². The number of carbonyl (C=O) groups excluding carboxylic acids is 2. The maximum atomic E-state index is 12.9. The quantitative estimate of drug-likeness (QED) is 0.439. The molecule has 1 heterocycles. The molecule has 0 fully saturated rings. The van der Waals surface area contributed by atoms with Crippen molar-refractivity contribution in [1.82, 2.24) is 10.3 Å². The van der Waals surface area contributed by atoms with E-state index in [9.17, 15) is 14.0 Å². The van der Waals surface area contributed by atoms with Crippen molar-refractivity contribution in [1.29, 1.82) is 0 Å². The van der Waals surface area contributed by atoms with Gasteiger partial charge in [0.2, 0.25) is 0 Å². The van der Waals surface area contributed by atoms with Crippen molar-refractivity contribution in [3.63, 3.8) is 0 Å². The molecule has 3 rings (SSSR count). The van der Waals surface area contributed by atoms with Crippen molar-refractivity contribution in [3.05, 3.63) is 59.9 Å². The van der Waals surface area contributed by atoms with Gasteiger partial charge in [0.25, 0.3) is 5.91 Å². The average molecular weight is 419 g/mol. The summed E-state index contributed by atoms with van der Waals surface area (Å²) in [7, 11) is 0. The standard InChI is InChI=1S/C20H19FN2O3S2/c1-13(19(25)22-12-14-6-8-15(21)9-7-14)26-18(24)10-11-27-20-23-16-4-2-3-5-17(16)28-20/h2-9,13H,10-12H2,1H3,(H,22,25)/t13-/m1/s1. The summed E-state index contributed by atoms with van der Waals surface area (Å²) in [6.07, 6.45) is -0.698. The molecule has 0 saturated heterocycles. The molecule has 0 saturated carbocycles. The van der Waals surface area contributed by atoms with Gasteiger partial charge >= 0.3 is 5.97 Å². The second kappa shape index (κ2) is 9.66. The largest absolute Gasteiger partial charge is 0.453 e. The van der Waals surface area contributed by atoms with Crippen LogP contribution in [-0.2, 0) is 20.9 Å². The number of thioether (sulfide) groups is 1. The number of thiazole rings is 1. The number of rotatable bonds is 8. The Morgan fingerprint density at radius 3 is 2.71 bits per heavy atom. The Balaban J connectivity index is 1.38. The monoisotopic (exact) mass is 418 g/mol. The van der Waals surface area contributed by atoms with Gasteiger partial charge < -0.3 is 10.1 Å². The molecule has 1 N–H and O–H groups in total. The molecule has 1 amide bonds. The number of para-hydroxylation sites is 1. The lowest BCUT2D eigenvalue weighted by Crippen LogP contribution is -2.35. The topological polar surface area (TPSA) is 68.3 Å². The lowest BCUT2D eigenvalue weighted by Gasteiger charge is -2.13. The van der Waals surface area contributed by atoms with Gasteiger partial charge in [-0.05, 0) is 36.8 Å². The number of nitrogens with one attached hydrogen (secondary N) is 1. The maximum absolute atomic E-state index is 12.9. The summed E-state index contributed by atoms with van der Waals surface area (Å²) < 4.78 is 20.1. The van der Waals surface area contributed by atoms with Crippen molar-refractivity contribution in [3.8, 4) is 0 Å². The lowest BCUT2D eigenvalue weighted by molar-refractivity contribution is -0.154. The van der Waals surface area contributed by atoms with E-state index in [2.05, 4.69) is 10.3 Å². The maximum Gasteiger partial charge on any atom is 0.307 e. The summed E-state index contributed by atoms with van der Waals surface area (Å²) in [5.74, 6) is -0.626. The minimum Gasteiger partial charge on any atom is -0.453 e. The number of carbonyl (C=O) groups is 2. The summed E-state index contributed by atoms with van der Waals surface area (Å²) in [6, 6.07) is 13.7. The molecule has 5 nitrogen and oxygen atoms in total. The minimum atomic E-state index is -0.889. The first-order valence-corrected chi connectivity index (χ1v) is 10.5. The molecule has 2 aromatic carbocycles. The highest BCUT2D eigenvalue weighted by Crippen LogP contribution is 2.29. The smallest absolute Gasteiger partial charge is 0.307 e. The van der Waals surface area contributed by atoms with E-state index in [0.717, 1.165) is 20.1 Å². The second-order valence-electron chi connectivity index (χ2n) is 6.02. The fourth-order valence-corrected chi connectivity index (χ4v) is 4.44. The first-order valence-electron chi connectivity index (χ1n) is 8.71. The first kappa shape index (κ1) is 20.3. The SMILES string of the molecule is C[C@@H](OC(=O)CCSc1nc2ccccc2s1)C(=O)NCc1ccc(F)cc1. The Morgan fingerprint density at radius 1 is 1.21 bits per heavy atom. The van der Waals surface area contributed by atoms with Gasteiger partial charge in [0.05, 0.1) is 16.6 Å².